The zero-order valence-electron chi connectivity index (χ0n) is 20.5. The highest BCUT2D eigenvalue weighted by atomic mass is 19.4. The van der Waals surface area contributed by atoms with Crippen molar-refractivity contribution in [2.75, 3.05) is 6.61 Å². The number of hydrogen-bond donors (Lipinski definition) is 0. The van der Waals surface area contributed by atoms with Crippen LogP contribution in [0.15, 0.2) is 48.9 Å². The van der Waals surface area contributed by atoms with E-state index in [1.54, 1.807) is 36.0 Å². The smallest absolute Gasteiger partial charge is 0.422 e. The number of fused-ring (bicyclic) bond motifs is 1. The summed E-state index contributed by atoms with van der Waals surface area (Å²) in [6.45, 7) is 0.721. The van der Waals surface area contributed by atoms with Crippen molar-refractivity contribution < 1.29 is 31.1 Å². The van der Waals surface area contributed by atoms with Crippen LogP contribution in [0.3, 0.4) is 0 Å². The van der Waals surface area contributed by atoms with Crippen molar-refractivity contribution >= 4 is 12.2 Å². The largest absolute Gasteiger partial charge is 0.467 e. The highest BCUT2D eigenvalue weighted by Gasteiger charge is 2.37. The highest BCUT2D eigenvalue weighted by Crippen LogP contribution is 2.40. The van der Waals surface area contributed by atoms with Crippen LogP contribution in [0.5, 0.6) is 5.88 Å². The molecule has 1 aliphatic heterocycles. The second-order valence-corrected chi connectivity index (χ2v) is 9.05. The fourth-order valence-corrected chi connectivity index (χ4v) is 4.50. The molecule has 1 atom stereocenters. The Balaban J connectivity index is 1.44. The molecule has 7 nitrogen and oxygen atoms in total. The first-order chi connectivity index (χ1) is 18.5. The van der Waals surface area contributed by atoms with Crippen molar-refractivity contribution in [2.45, 2.75) is 44.6 Å². The van der Waals surface area contributed by atoms with E-state index in [9.17, 15) is 26.3 Å². The average Bonchev–Trinajstić information content (AvgIpc) is 3.51. The van der Waals surface area contributed by atoms with Gasteiger partial charge in [-0.25, -0.2) is 19.6 Å². The molecule has 0 aliphatic carbocycles. The van der Waals surface area contributed by atoms with Crippen LogP contribution in [-0.2, 0) is 12.7 Å². The van der Waals surface area contributed by atoms with Gasteiger partial charge in [-0.05, 0) is 55.7 Å². The van der Waals surface area contributed by atoms with Gasteiger partial charge < -0.3 is 9.30 Å². The lowest BCUT2D eigenvalue weighted by Gasteiger charge is -2.25. The van der Waals surface area contributed by atoms with Gasteiger partial charge in [0, 0.05) is 18.7 Å². The van der Waals surface area contributed by atoms with Crippen LogP contribution in [0.4, 0.5) is 26.3 Å². The summed E-state index contributed by atoms with van der Waals surface area (Å²) in [6.07, 6.45) is -1.86. The highest BCUT2D eigenvalue weighted by molar-refractivity contribution is 5.65. The van der Waals surface area contributed by atoms with Crippen LogP contribution in [-0.4, -0.2) is 42.1 Å². The van der Waals surface area contributed by atoms with E-state index < -0.39 is 30.4 Å². The van der Waals surface area contributed by atoms with Crippen molar-refractivity contribution in [3.8, 4) is 11.6 Å². The Morgan fingerprint density at radius 2 is 1.82 bits per heavy atom. The minimum Gasteiger partial charge on any atom is -0.467 e. The summed E-state index contributed by atoms with van der Waals surface area (Å²) >= 11 is 0. The monoisotopic (exact) mass is 548 g/mol. The zero-order valence-corrected chi connectivity index (χ0v) is 20.5. The molecule has 5 rings (SSSR count). The van der Waals surface area contributed by atoms with Crippen LogP contribution in [0.1, 0.15) is 52.9 Å². The molecule has 13 heteroatoms. The number of ether oxygens (including phenoxy) is 1. The van der Waals surface area contributed by atoms with E-state index in [0.29, 0.717) is 30.9 Å². The van der Waals surface area contributed by atoms with Gasteiger partial charge in [-0.15, -0.1) is 0 Å². The zero-order chi connectivity index (χ0) is 27.8. The molecule has 0 N–H and O–H groups in total. The van der Waals surface area contributed by atoms with Gasteiger partial charge in [0.25, 0.3) is 0 Å². The van der Waals surface area contributed by atoms with Crippen molar-refractivity contribution in [3.05, 3.63) is 83.1 Å². The maximum atomic E-state index is 13.6. The van der Waals surface area contributed by atoms with E-state index in [1.807, 2.05) is 0 Å². The number of aromatic nitrogens is 6. The van der Waals surface area contributed by atoms with Crippen molar-refractivity contribution in [1.29, 1.82) is 0 Å². The number of hydrogen-bond acceptors (Lipinski definition) is 5. The average molecular weight is 548 g/mol. The summed E-state index contributed by atoms with van der Waals surface area (Å²) in [5, 5.41) is 4.41. The third kappa shape index (κ3) is 5.96. The van der Waals surface area contributed by atoms with Gasteiger partial charge >= 0.3 is 12.4 Å². The molecule has 0 saturated carbocycles. The molecule has 0 bridgehead atoms. The molecule has 3 aromatic heterocycles. The summed E-state index contributed by atoms with van der Waals surface area (Å²) in [5.74, 6) is -0.154. The summed E-state index contributed by atoms with van der Waals surface area (Å²) in [4.78, 5) is 12.8. The summed E-state index contributed by atoms with van der Waals surface area (Å²) in [5.41, 5.74) is 0.657. The number of nitrogens with zero attached hydrogens (tertiary/aromatic N) is 6. The topological polar surface area (TPSA) is 70.7 Å². The molecule has 1 aliphatic rings. The third-order valence-corrected chi connectivity index (χ3v) is 6.16. The van der Waals surface area contributed by atoms with E-state index in [4.69, 9.17) is 4.74 Å². The normalized spacial score (nSPS) is 16.0. The molecule has 0 spiro atoms. The molecule has 204 valence electrons. The van der Waals surface area contributed by atoms with Gasteiger partial charge in [0.2, 0.25) is 5.88 Å². The standard InChI is InChI=1S/C26H22F6N6O/c1-16-13-37(15-33-16)21-10-8-17(34-24(21)39-14-25(27,28)29)9-11-22-35-23-19(6-4-12-38(23)36-22)18-5-2-3-7-20(18)26(30,31)32/h2-3,5,7-11,13,15,19H,4,6,12,14H2,1H3. The SMILES string of the molecule is Cc1cn(-c2ccc(C=Cc3nc4n(n3)CCCC4c3ccccc3C(F)(F)F)nc2OCC(F)(F)F)cn1. The number of benzene rings is 1. The van der Waals surface area contributed by atoms with E-state index in [0.717, 1.165) is 6.07 Å². The second-order valence-electron chi connectivity index (χ2n) is 9.05. The lowest BCUT2D eigenvalue weighted by molar-refractivity contribution is -0.154. The summed E-state index contributed by atoms with van der Waals surface area (Å²) in [6, 6.07) is 8.58. The predicted molar refractivity (Wildman–Crippen MR) is 129 cm³/mol. The predicted octanol–water partition coefficient (Wildman–Crippen LogP) is 6.22. The van der Waals surface area contributed by atoms with E-state index >= 15 is 0 Å². The number of imidazole rings is 1. The lowest BCUT2D eigenvalue weighted by atomic mass is 9.88. The quantitative estimate of drug-likeness (QED) is 0.268. The van der Waals surface area contributed by atoms with E-state index in [1.165, 1.54) is 35.2 Å². The minimum atomic E-state index is -4.56. The van der Waals surface area contributed by atoms with Crippen LogP contribution >= 0.6 is 0 Å². The van der Waals surface area contributed by atoms with Crippen molar-refractivity contribution in [2.24, 2.45) is 0 Å². The van der Waals surface area contributed by atoms with Crippen molar-refractivity contribution in [3.63, 3.8) is 0 Å². The van der Waals surface area contributed by atoms with E-state index in [-0.39, 0.29) is 28.6 Å². The third-order valence-electron chi connectivity index (χ3n) is 6.16. The number of rotatable bonds is 6. The van der Waals surface area contributed by atoms with Gasteiger partial charge in [0.05, 0.1) is 23.3 Å². The Kier molecular flexibility index (Phi) is 6.91. The van der Waals surface area contributed by atoms with Gasteiger partial charge in [-0.3, -0.25) is 0 Å². The molecule has 0 saturated heterocycles. The molecule has 0 amide bonds. The Hall–Kier alpha value is -4.16. The maximum absolute atomic E-state index is 13.6. The lowest BCUT2D eigenvalue weighted by Crippen LogP contribution is -2.21. The molecular formula is C26H22F6N6O. The minimum absolute atomic E-state index is 0.146. The molecule has 1 aromatic carbocycles. The second kappa shape index (κ2) is 10.2. The fourth-order valence-electron chi connectivity index (χ4n) is 4.50. The van der Waals surface area contributed by atoms with Gasteiger partial charge in [-0.1, -0.05) is 18.2 Å². The summed E-state index contributed by atoms with van der Waals surface area (Å²) < 4.78 is 87.5. The first-order valence-corrected chi connectivity index (χ1v) is 12.0. The van der Waals surface area contributed by atoms with Crippen LogP contribution in [0.2, 0.25) is 0 Å². The van der Waals surface area contributed by atoms with Gasteiger partial charge in [0.1, 0.15) is 11.5 Å². The fraction of sp³-hybridized carbons (Fsp3) is 0.308. The first kappa shape index (κ1) is 26.4. The Bertz CT molecular complexity index is 1500. The summed E-state index contributed by atoms with van der Waals surface area (Å²) in [7, 11) is 0. The van der Waals surface area contributed by atoms with Gasteiger partial charge in [-0.2, -0.15) is 31.4 Å². The maximum Gasteiger partial charge on any atom is 0.422 e. The molecule has 4 aromatic rings. The molecule has 0 radical (unpaired) electrons. The molecule has 4 heterocycles. The molecule has 1 unspecified atom stereocenters. The Morgan fingerprint density at radius 1 is 1.03 bits per heavy atom. The van der Waals surface area contributed by atoms with Crippen LogP contribution in [0, 0.1) is 6.92 Å². The molecular weight excluding hydrogens is 526 g/mol. The van der Waals surface area contributed by atoms with Gasteiger partial charge in [0.15, 0.2) is 12.4 Å². The van der Waals surface area contributed by atoms with Crippen molar-refractivity contribution in [1.82, 2.24) is 29.3 Å². The first-order valence-electron chi connectivity index (χ1n) is 12.0. The molecule has 39 heavy (non-hydrogen) atoms. The number of pyridine rings is 1. The number of aryl methyl sites for hydroxylation is 2. The van der Waals surface area contributed by atoms with E-state index in [2.05, 4.69) is 20.1 Å². The Labute approximate surface area is 218 Å². The van der Waals surface area contributed by atoms with Crippen LogP contribution in [0.25, 0.3) is 17.8 Å². The Morgan fingerprint density at radius 3 is 2.54 bits per heavy atom. The number of alkyl halides is 6. The molecule has 0 fully saturated rings. The van der Waals surface area contributed by atoms with Crippen LogP contribution < -0.4 is 4.74 Å². The number of halogens is 6.